The molecule has 17 heavy (non-hydrogen) atoms. The molecule has 1 aliphatic rings. The van der Waals surface area contributed by atoms with Gasteiger partial charge in [0.05, 0.1) is 4.90 Å². The Morgan fingerprint density at radius 1 is 1.12 bits per heavy atom. The Bertz CT molecular complexity index is 463. The Morgan fingerprint density at radius 2 is 1.65 bits per heavy atom. The van der Waals surface area contributed by atoms with Crippen LogP contribution >= 0.6 is 11.8 Å². The first-order valence-corrected chi connectivity index (χ1v) is 8.09. The molecule has 0 aromatic heterocycles. The van der Waals surface area contributed by atoms with Crippen LogP contribution in [0.5, 0.6) is 0 Å². The van der Waals surface area contributed by atoms with E-state index in [0.29, 0.717) is 28.5 Å². The highest BCUT2D eigenvalue weighted by molar-refractivity contribution is 8.00. The molecule has 1 heterocycles. The molecule has 3 nitrogen and oxygen atoms in total. The average Bonchev–Trinajstić information content (AvgIpc) is 2.29. The zero-order chi connectivity index (χ0) is 12.5. The summed E-state index contributed by atoms with van der Waals surface area (Å²) in [6.07, 6.45) is 0. The summed E-state index contributed by atoms with van der Waals surface area (Å²) in [6.45, 7) is 5.36. The molecule has 1 aromatic rings. The largest absolute Gasteiger partial charge is 0.243 e. The van der Waals surface area contributed by atoms with Crippen molar-refractivity contribution in [1.29, 1.82) is 0 Å². The van der Waals surface area contributed by atoms with Gasteiger partial charge in [-0.15, -0.1) is 0 Å². The summed E-state index contributed by atoms with van der Waals surface area (Å²) in [6, 6.07) is 8.67. The van der Waals surface area contributed by atoms with Crippen molar-refractivity contribution in [3.05, 3.63) is 30.3 Å². The Hall–Kier alpha value is -0.520. The van der Waals surface area contributed by atoms with Gasteiger partial charge in [-0.2, -0.15) is 16.1 Å². The second-order valence-electron chi connectivity index (χ2n) is 4.39. The number of rotatable bonds is 2. The van der Waals surface area contributed by atoms with Crippen LogP contribution in [0.3, 0.4) is 0 Å². The van der Waals surface area contributed by atoms with Crippen molar-refractivity contribution in [1.82, 2.24) is 4.31 Å². The molecule has 0 saturated carbocycles. The molecule has 5 heteroatoms. The van der Waals surface area contributed by atoms with E-state index in [1.807, 2.05) is 17.8 Å². The van der Waals surface area contributed by atoms with E-state index in [-0.39, 0.29) is 0 Å². The fourth-order valence-corrected chi connectivity index (χ4v) is 5.22. The van der Waals surface area contributed by atoms with Crippen molar-refractivity contribution >= 4 is 21.8 Å². The topological polar surface area (TPSA) is 37.4 Å². The highest BCUT2D eigenvalue weighted by Crippen LogP contribution is 2.28. The third-order valence-electron chi connectivity index (χ3n) is 2.77. The highest BCUT2D eigenvalue weighted by atomic mass is 32.2. The van der Waals surface area contributed by atoms with E-state index in [4.69, 9.17) is 0 Å². The Morgan fingerprint density at radius 3 is 2.18 bits per heavy atom. The van der Waals surface area contributed by atoms with Gasteiger partial charge in [0.25, 0.3) is 0 Å². The van der Waals surface area contributed by atoms with Gasteiger partial charge in [0.15, 0.2) is 0 Å². The van der Waals surface area contributed by atoms with Crippen LogP contribution in [0.15, 0.2) is 35.2 Å². The fourth-order valence-electron chi connectivity index (χ4n) is 2.07. The van der Waals surface area contributed by atoms with E-state index < -0.39 is 10.0 Å². The lowest BCUT2D eigenvalue weighted by molar-refractivity contribution is 0.405. The molecule has 2 atom stereocenters. The maximum absolute atomic E-state index is 12.4. The van der Waals surface area contributed by atoms with E-state index in [9.17, 15) is 8.42 Å². The summed E-state index contributed by atoms with van der Waals surface area (Å²) >= 11 is 1.85. The smallest absolute Gasteiger partial charge is 0.207 e. The molecule has 0 bridgehead atoms. The lowest BCUT2D eigenvalue weighted by Crippen LogP contribution is -2.43. The normalized spacial score (nSPS) is 26.9. The van der Waals surface area contributed by atoms with Crippen molar-refractivity contribution in [3.63, 3.8) is 0 Å². The molecule has 1 fully saturated rings. The van der Waals surface area contributed by atoms with Crippen LogP contribution in [0, 0.1) is 0 Å². The molecular weight excluding hydrogens is 254 g/mol. The van der Waals surface area contributed by atoms with Gasteiger partial charge in [0.2, 0.25) is 10.0 Å². The van der Waals surface area contributed by atoms with Gasteiger partial charge in [-0.05, 0) is 12.1 Å². The van der Waals surface area contributed by atoms with E-state index in [1.54, 1.807) is 28.6 Å². The number of sulfonamides is 1. The number of hydrogen-bond acceptors (Lipinski definition) is 3. The Kier molecular flexibility index (Phi) is 3.80. The number of hydrogen-bond donors (Lipinski definition) is 0. The van der Waals surface area contributed by atoms with Crippen LogP contribution in [-0.2, 0) is 10.0 Å². The van der Waals surface area contributed by atoms with E-state index in [2.05, 4.69) is 13.8 Å². The van der Waals surface area contributed by atoms with Crippen LogP contribution in [0.1, 0.15) is 13.8 Å². The minimum absolute atomic E-state index is 0.359. The van der Waals surface area contributed by atoms with Gasteiger partial charge < -0.3 is 0 Å². The van der Waals surface area contributed by atoms with Crippen molar-refractivity contribution in [2.75, 3.05) is 13.1 Å². The summed E-state index contributed by atoms with van der Waals surface area (Å²) in [5.41, 5.74) is 0. The molecule has 0 N–H and O–H groups in total. The molecular formula is C12H17NO2S2. The first-order valence-electron chi connectivity index (χ1n) is 5.71. The summed E-state index contributed by atoms with van der Waals surface area (Å²) in [7, 11) is -3.31. The quantitative estimate of drug-likeness (QED) is 0.827. The Labute approximate surface area is 107 Å². The Balaban J connectivity index is 2.27. The first-order chi connectivity index (χ1) is 8.00. The SMILES string of the molecule is CC1CN(S(=O)(=O)c2ccccc2)CC(C)S1. The van der Waals surface area contributed by atoms with Crippen molar-refractivity contribution in [3.8, 4) is 0 Å². The molecule has 0 spiro atoms. The second kappa shape index (κ2) is 5.00. The van der Waals surface area contributed by atoms with E-state index in [0.717, 1.165) is 0 Å². The number of nitrogens with zero attached hydrogens (tertiary/aromatic N) is 1. The fraction of sp³-hybridized carbons (Fsp3) is 0.500. The van der Waals surface area contributed by atoms with Crippen LogP contribution in [0.2, 0.25) is 0 Å². The van der Waals surface area contributed by atoms with E-state index in [1.165, 1.54) is 0 Å². The molecule has 2 unspecified atom stereocenters. The molecule has 1 aliphatic heterocycles. The van der Waals surface area contributed by atoms with Crippen LogP contribution in [0.4, 0.5) is 0 Å². The third-order valence-corrected chi connectivity index (χ3v) is 5.84. The van der Waals surface area contributed by atoms with E-state index >= 15 is 0 Å². The molecule has 1 aromatic carbocycles. The van der Waals surface area contributed by atoms with Crippen LogP contribution in [-0.4, -0.2) is 36.3 Å². The minimum Gasteiger partial charge on any atom is -0.207 e. The summed E-state index contributed by atoms with van der Waals surface area (Å²) < 4.78 is 26.4. The highest BCUT2D eigenvalue weighted by Gasteiger charge is 2.31. The monoisotopic (exact) mass is 271 g/mol. The van der Waals surface area contributed by atoms with Gasteiger partial charge in [-0.3, -0.25) is 0 Å². The molecule has 94 valence electrons. The maximum atomic E-state index is 12.4. The predicted molar refractivity (Wildman–Crippen MR) is 71.7 cm³/mol. The zero-order valence-corrected chi connectivity index (χ0v) is 11.7. The van der Waals surface area contributed by atoms with Crippen molar-refractivity contribution < 1.29 is 8.42 Å². The summed E-state index contributed by atoms with van der Waals surface area (Å²) in [5.74, 6) is 0. The second-order valence-corrected chi connectivity index (χ2v) is 8.21. The minimum atomic E-state index is -3.31. The molecule has 0 aliphatic carbocycles. The van der Waals surface area contributed by atoms with Gasteiger partial charge in [-0.25, -0.2) is 8.42 Å². The van der Waals surface area contributed by atoms with Gasteiger partial charge in [0.1, 0.15) is 0 Å². The zero-order valence-electron chi connectivity index (χ0n) is 10.0. The molecule has 1 saturated heterocycles. The molecule has 2 rings (SSSR count). The lowest BCUT2D eigenvalue weighted by Gasteiger charge is -2.33. The molecule has 0 amide bonds. The summed E-state index contributed by atoms with van der Waals surface area (Å²) in [5, 5.41) is 0.717. The van der Waals surface area contributed by atoms with Crippen LogP contribution in [0.25, 0.3) is 0 Å². The predicted octanol–water partition coefficient (Wildman–Crippen LogP) is 2.20. The van der Waals surface area contributed by atoms with Crippen molar-refractivity contribution in [2.45, 2.75) is 29.2 Å². The maximum Gasteiger partial charge on any atom is 0.243 e. The first kappa shape index (κ1) is 12.9. The van der Waals surface area contributed by atoms with Gasteiger partial charge in [0, 0.05) is 23.6 Å². The number of benzene rings is 1. The standard InChI is InChI=1S/C12H17NO2S2/c1-10-8-13(9-11(2)16-10)17(14,15)12-6-4-3-5-7-12/h3-7,10-11H,8-9H2,1-2H3. The average molecular weight is 271 g/mol. The van der Waals surface area contributed by atoms with Crippen molar-refractivity contribution in [2.24, 2.45) is 0 Å². The summed E-state index contributed by atoms with van der Waals surface area (Å²) in [4.78, 5) is 0.395. The van der Waals surface area contributed by atoms with Gasteiger partial charge in [-0.1, -0.05) is 32.0 Å². The number of thioether (sulfide) groups is 1. The lowest BCUT2D eigenvalue weighted by atomic mass is 10.4. The third kappa shape index (κ3) is 2.84. The van der Waals surface area contributed by atoms with Crippen LogP contribution < -0.4 is 0 Å². The molecule has 0 radical (unpaired) electrons. The van der Waals surface area contributed by atoms with Gasteiger partial charge >= 0.3 is 0 Å².